The zero-order valence-electron chi connectivity index (χ0n) is 11.1. The zero-order valence-corrected chi connectivity index (χ0v) is 11.8. The summed E-state index contributed by atoms with van der Waals surface area (Å²) in [7, 11) is 0. The first kappa shape index (κ1) is 12.5. The van der Waals surface area contributed by atoms with Crippen LogP contribution in [0.1, 0.15) is 44.1 Å². The van der Waals surface area contributed by atoms with Crippen LogP contribution in [0.2, 0.25) is 5.02 Å². The molecule has 0 radical (unpaired) electrons. The van der Waals surface area contributed by atoms with Gasteiger partial charge >= 0.3 is 0 Å². The summed E-state index contributed by atoms with van der Waals surface area (Å²) in [4.78, 5) is 0. The summed E-state index contributed by atoms with van der Waals surface area (Å²) in [5.41, 5.74) is 1.86. The third-order valence-corrected chi connectivity index (χ3v) is 5.70. The molecule has 1 aliphatic heterocycles. The number of benzene rings is 1. The van der Waals surface area contributed by atoms with Gasteiger partial charge in [-0.05, 0) is 42.3 Å². The number of hydrogen-bond donors (Lipinski definition) is 1. The van der Waals surface area contributed by atoms with E-state index >= 15 is 0 Å². The molecule has 3 rings (SSSR count). The topological polar surface area (TPSA) is 12.0 Å². The van der Waals surface area contributed by atoms with Crippen LogP contribution in [0.5, 0.6) is 0 Å². The zero-order chi connectivity index (χ0) is 12.6. The smallest absolute Gasteiger partial charge is 0.0441 e. The highest BCUT2D eigenvalue weighted by atomic mass is 35.5. The average molecular weight is 264 g/mol. The van der Waals surface area contributed by atoms with Crippen LogP contribution >= 0.6 is 11.6 Å². The number of rotatable bonds is 1. The van der Waals surface area contributed by atoms with Gasteiger partial charge in [-0.1, -0.05) is 49.6 Å². The molecule has 1 heterocycles. The highest BCUT2D eigenvalue weighted by Crippen LogP contribution is 2.56. The molecule has 1 N–H and O–H groups in total. The van der Waals surface area contributed by atoms with E-state index < -0.39 is 0 Å². The van der Waals surface area contributed by atoms with Crippen LogP contribution in [0, 0.1) is 11.3 Å². The molecule has 1 saturated carbocycles. The van der Waals surface area contributed by atoms with Crippen molar-refractivity contribution < 1.29 is 0 Å². The van der Waals surface area contributed by atoms with Gasteiger partial charge in [0, 0.05) is 17.5 Å². The Hall–Kier alpha value is -0.530. The molecule has 1 nitrogen and oxygen atoms in total. The predicted octanol–water partition coefficient (Wildman–Crippen LogP) is 4.22. The first-order valence-electron chi connectivity index (χ1n) is 7.19. The van der Waals surface area contributed by atoms with Crippen LogP contribution in [-0.2, 0) is 0 Å². The molecule has 0 aromatic heterocycles. The van der Waals surface area contributed by atoms with Crippen LogP contribution in [0.4, 0.5) is 0 Å². The standard InChI is InChI=1S/C16H22ClN/c1-12-5-4-8-16(12)9-10-18-11-14(16)13-6-2-3-7-15(13)17/h2-3,6-7,12,14,18H,4-5,8-11H2,1H3. The summed E-state index contributed by atoms with van der Waals surface area (Å²) in [5.74, 6) is 1.43. The van der Waals surface area contributed by atoms with E-state index in [0.29, 0.717) is 11.3 Å². The SMILES string of the molecule is CC1CCCC12CCNCC2c1ccccc1Cl. The first-order valence-corrected chi connectivity index (χ1v) is 7.57. The predicted molar refractivity (Wildman–Crippen MR) is 77.1 cm³/mol. The fraction of sp³-hybridized carbons (Fsp3) is 0.625. The maximum Gasteiger partial charge on any atom is 0.0441 e. The molecule has 18 heavy (non-hydrogen) atoms. The summed E-state index contributed by atoms with van der Waals surface area (Å²) < 4.78 is 0. The van der Waals surface area contributed by atoms with E-state index in [9.17, 15) is 0 Å². The molecular weight excluding hydrogens is 242 g/mol. The normalized spacial score (nSPS) is 36.1. The van der Waals surface area contributed by atoms with Gasteiger partial charge in [0.15, 0.2) is 0 Å². The van der Waals surface area contributed by atoms with E-state index in [1.807, 2.05) is 12.1 Å². The average Bonchev–Trinajstić information content (AvgIpc) is 2.73. The highest BCUT2D eigenvalue weighted by molar-refractivity contribution is 6.31. The molecule has 1 aromatic rings. The molecule has 1 aromatic carbocycles. The van der Waals surface area contributed by atoms with E-state index in [0.717, 1.165) is 17.5 Å². The van der Waals surface area contributed by atoms with Gasteiger partial charge in [0.25, 0.3) is 0 Å². The summed E-state index contributed by atoms with van der Waals surface area (Å²) in [6, 6.07) is 8.43. The molecule has 2 fully saturated rings. The fourth-order valence-corrected chi connectivity index (χ4v) is 4.55. The Bertz CT molecular complexity index is 431. The molecular formula is C16H22ClN. The van der Waals surface area contributed by atoms with Crippen molar-refractivity contribution in [2.24, 2.45) is 11.3 Å². The summed E-state index contributed by atoms with van der Waals surface area (Å²) in [6.45, 7) is 4.71. The molecule has 2 heteroatoms. The van der Waals surface area contributed by atoms with E-state index in [1.54, 1.807) is 0 Å². The molecule has 98 valence electrons. The molecule has 3 atom stereocenters. The summed E-state index contributed by atoms with van der Waals surface area (Å²) >= 11 is 6.44. The second kappa shape index (κ2) is 4.86. The minimum atomic E-state index is 0.496. The molecule has 0 amide bonds. The van der Waals surface area contributed by atoms with Crippen LogP contribution in [0.3, 0.4) is 0 Å². The fourth-order valence-electron chi connectivity index (χ4n) is 4.28. The van der Waals surface area contributed by atoms with Crippen molar-refractivity contribution >= 4 is 11.6 Å². The van der Waals surface area contributed by atoms with Gasteiger partial charge in [-0.25, -0.2) is 0 Å². The maximum absolute atomic E-state index is 6.44. The lowest BCUT2D eigenvalue weighted by Crippen LogP contribution is -2.45. The Labute approximate surface area is 115 Å². The third kappa shape index (κ3) is 1.88. The van der Waals surface area contributed by atoms with Crippen molar-refractivity contribution in [1.82, 2.24) is 5.32 Å². The number of halogens is 1. The van der Waals surface area contributed by atoms with Crippen molar-refractivity contribution in [2.75, 3.05) is 13.1 Å². The lowest BCUT2D eigenvalue weighted by Gasteiger charge is -2.46. The Morgan fingerprint density at radius 1 is 1.28 bits per heavy atom. The van der Waals surface area contributed by atoms with Gasteiger partial charge in [-0.2, -0.15) is 0 Å². The highest BCUT2D eigenvalue weighted by Gasteiger charge is 2.48. The minimum absolute atomic E-state index is 0.496. The van der Waals surface area contributed by atoms with Gasteiger partial charge in [-0.15, -0.1) is 0 Å². The summed E-state index contributed by atoms with van der Waals surface area (Å²) in [6.07, 6.45) is 5.47. The van der Waals surface area contributed by atoms with Gasteiger partial charge in [0.1, 0.15) is 0 Å². The second-order valence-electron chi connectivity index (χ2n) is 6.05. The van der Waals surface area contributed by atoms with Gasteiger partial charge in [0.05, 0.1) is 0 Å². The van der Waals surface area contributed by atoms with Crippen molar-refractivity contribution in [1.29, 1.82) is 0 Å². The quantitative estimate of drug-likeness (QED) is 0.800. The van der Waals surface area contributed by atoms with Crippen molar-refractivity contribution in [3.05, 3.63) is 34.9 Å². The van der Waals surface area contributed by atoms with E-state index in [2.05, 4.69) is 24.4 Å². The lowest BCUT2D eigenvalue weighted by molar-refractivity contribution is 0.116. The largest absolute Gasteiger partial charge is 0.316 e. The van der Waals surface area contributed by atoms with Crippen molar-refractivity contribution in [3.8, 4) is 0 Å². The van der Waals surface area contributed by atoms with E-state index in [4.69, 9.17) is 11.6 Å². The van der Waals surface area contributed by atoms with Crippen LogP contribution in [0.15, 0.2) is 24.3 Å². The van der Waals surface area contributed by atoms with E-state index in [-0.39, 0.29) is 0 Å². The monoisotopic (exact) mass is 263 g/mol. The minimum Gasteiger partial charge on any atom is -0.316 e. The molecule has 1 spiro atoms. The second-order valence-corrected chi connectivity index (χ2v) is 6.46. The number of nitrogens with one attached hydrogen (secondary N) is 1. The van der Waals surface area contributed by atoms with Crippen LogP contribution in [-0.4, -0.2) is 13.1 Å². The summed E-state index contributed by atoms with van der Waals surface area (Å²) in [5, 5.41) is 4.52. The van der Waals surface area contributed by atoms with Gasteiger partial charge in [0.2, 0.25) is 0 Å². The molecule has 3 unspecified atom stereocenters. The maximum atomic E-state index is 6.44. The number of piperidine rings is 1. The third-order valence-electron chi connectivity index (χ3n) is 5.35. The Kier molecular flexibility index (Phi) is 3.38. The first-order chi connectivity index (χ1) is 8.74. The van der Waals surface area contributed by atoms with E-state index in [1.165, 1.54) is 37.8 Å². The molecule has 1 aliphatic carbocycles. The number of hydrogen-bond acceptors (Lipinski definition) is 1. The van der Waals surface area contributed by atoms with Gasteiger partial charge < -0.3 is 5.32 Å². The Morgan fingerprint density at radius 3 is 2.83 bits per heavy atom. The Balaban J connectivity index is 2.00. The molecule has 0 bridgehead atoms. The molecule has 2 aliphatic rings. The van der Waals surface area contributed by atoms with Crippen molar-refractivity contribution in [2.45, 2.75) is 38.5 Å². The van der Waals surface area contributed by atoms with Crippen LogP contribution < -0.4 is 5.32 Å². The molecule has 1 saturated heterocycles. The van der Waals surface area contributed by atoms with Crippen LogP contribution in [0.25, 0.3) is 0 Å². The Morgan fingerprint density at radius 2 is 2.11 bits per heavy atom. The van der Waals surface area contributed by atoms with Crippen molar-refractivity contribution in [3.63, 3.8) is 0 Å². The lowest BCUT2D eigenvalue weighted by atomic mass is 9.62. The van der Waals surface area contributed by atoms with Gasteiger partial charge in [-0.3, -0.25) is 0 Å².